The van der Waals surface area contributed by atoms with E-state index in [-0.39, 0.29) is 0 Å². The van der Waals surface area contributed by atoms with Crippen molar-refractivity contribution in [2.45, 2.75) is 6.42 Å². The Morgan fingerprint density at radius 3 is 3.12 bits per heavy atom. The summed E-state index contributed by atoms with van der Waals surface area (Å²) >= 11 is 0. The molecule has 2 aromatic rings. The van der Waals surface area contributed by atoms with Gasteiger partial charge >= 0.3 is 0 Å². The molecular weight excluding hydrogens is 214 g/mol. The number of fused-ring (bicyclic) bond motifs is 1. The Labute approximate surface area is 98.1 Å². The fourth-order valence-corrected chi connectivity index (χ4v) is 1.94. The predicted molar refractivity (Wildman–Crippen MR) is 67.5 cm³/mol. The van der Waals surface area contributed by atoms with Gasteiger partial charge in [-0.2, -0.15) is 0 Å². The highest BCUT2D eigenvalue weighted by Crippen LogP contribution is 2.24. The minimum Gasteiger partial charge on any atom is -0.338 e. The van der Waals surface area contributed by atoms with Crippen LogP contribution < -0.4 is 5.32 Å². The SMILES string of the molecule is O=CNc1ccc2nc(C3=CC=CC3)[nH]c2c1. The van der Waals surface area contributed by atoms with Gasteiger partial charge in [-0.05, 0) is 30.2 Å². The van der Waals surface area contributed by atoms with Gasteiger partial charge in [0, 0.05) is 5.69 Å². The number of allylic oxidation sites excluding steroid dienone is 4. The smallest absolute Gasteiger partial charge is 0.211 e. The molecule has 0 fully saturated rings. The van der Waals surface area contributed by atoms with E-state index in [4.69, 9.17) is 0 Å². The number of benzene rings is 1. The number of nitrogens with one attached hydrogen (secondary N) is 2. The highest BCUT2D eigenvalue weighted by molar-refractivity contribution is 5.85. The molecule has 0 unspecified atom stereocenters. The van der Waals surface area contributed by atoms with E-state index in [1.165, 1.54) is 5.57 Å². The quantitative estimate of drug-likeness (QED) is 0.788. The van der Waals surface area contributed by atoms with Gasteiger partial charge in [0.05, 0.1) is 11.0 Å². The van der Waals surface area contributed by atoms with Crippen molar-refractivity contribution >= 4 is 28.7 Å². The second-order valence-corrected chi connectivity index (χ2v) is 3.90. The summed E-state index contributed by atoms with van der Waals surface area (Å²) in [5, 5.41) is 2.62. The standard InChI is InChI=1S/C13H11N3O/c17-8-14-10-5-6-11-12(7-10)16-13(15-11)9-3-1-2-4-9/h1-3,5-8H,4H2,(H,14,17)(H,15,16). The Kier molecular flexibility index (Phi) is 2.26. The molecule has 0 aliphatic heterocycles. The second-order valence-electron chi connectivity index (χ2n) is 3.90. The van der Waals surface area contributed by atoms with Crippen LogP contribution in [0.2, 0.25) is 0 Å². The van der Waals surface area contributed by atoms with Gasteiger partial charge in [-0.25, -0.2) is 4.98 Å². The zero-order valence-electron chi connectivity index (χ0n) is 9.10. The molecule has 0 radical (unpaired) electrons. The first-order chi connectivity index (χ1) is 8.36. The number of rotatable bonds is 3. The maximum absolute atomic E-state index is 10.4. The van der Waals surface area contributed by atoms with Crippen LogP contribution in [0.15, 0.2) is 36.4 Å². The summed E-state index contributed by atoms with van der Waals surface area (Å²) in [5.41, 5.74) is 3.79. The maximum atomic E-state index is 10.4. The first-order valence-electron chi connectivity index (χ1n) is 5.43. The molecule has 0 bridgehead atoms. The second kappa shape index (κ2) is 3.90. The molecule has 0 saturated heterocycles. The molecule has 0 saturated carbocycles. The normalized spacial score (nSPS) is 14.0. The van der Waals surface area contributed by atoms with Crippen molar-refractivity contribution in [1.29, 1.82) is 0 Å². The Morgan fingerprint density at radius 2 is 2.35 bits per heavy atom. The first-order valence-corrected chi connectivity index (χ1v) is 5.43. The number of aromatic nitrogens is 2. The largest absolute Gasteiger partial charge is 0.338 e. The lowest BCUT2D eigenvalue weighted by Gasteiger charge is -1.96. The maximum Gasteiger partial charge on any atom is 0.211 e. The van der Waals surface area contributed by atoms with Crippen molar-refractivity contribution in [3.63, 3.8) is 0 Å². The van der Waals surface area contributed by atoms with E-state index in [1.54, 1.807) is 0 Å². The van der Waals surface area contributed by atoms with E-state index in [0.717, 1.165) is 29.0 Å². The number of H-pyrrole nitrogens is 1. The molecular formula is C13H11N3O. The Balaban J connectivity index is 2.03. The van der Waals surface area contributed by atoms with Crippen LogP contribution in [0.5, 0.6) is 0 Å². The number of aromatic amines is 1. The van der Waals surface area contributed by atoms with Gasteiger partial charge in [0.15, 0.2) is 0 Å². The molecule has 1 aliphatic carbocycles. The lowest BCUT2D eigenvalue weighted by atomic mass is 10.2. The van der Waals surface area contributed by atoms with E-state index in [2.05, 4.69) is 27.4 Å². The number of amides is 1. The van der Waals surface area contributed by atoms with Crippen LogP contribution in [0.25, 0.3) is 16.6 Å². The number of hydrogen-bond donors (Lipinski definition) is 2. The molecule has 84 valence electrons. The third kappa shape index (κ3) is 1.73. The summed E-state index contributed by atoms with van der Waals surface area (Å²) in [6.07, 6.45) is 7.77. The lowest BCUT2D eigenvalue weighted by molar-refractivity contribution is -0.105. The predicted octanol–water partition coefficient (Wildman–Crippen LogP) is 2.47. The van der Waals surface area contributed by atoms with Crippen LogP contribution >= 0.6 is 0 Å². The van der Waals surface area contributed by atoms with Crippen LogP contribution in [-0.2, 0) is 4.79 Å². The zero-order valence-corrected chi connectivity index (χ0v) is 9.10. The monoisotopic (exact) mass is 225 g/mol. The van der Waals surface area contributed by atoms with E-state index in [1.807, 2.05) is 24.3 Å². The summed E-state index contributed by atoms with van der Waals surface area (Å²) in [5.74, 6) is 0.897. The average Bonchev–Trinajstić information content (AvgIpc) is 2.97. The van der Waals surface area contributed by atoms with E-state index < -0.39 is 0 Å². The third-order valence-corrected chi connectivity index (χ3v) is 2.78. The van der Waals surface area contributed by atoms with Gasteiger partial charge in [-0.15, -0.1) is 0 Å². The van der Waals surface area contributed by atoms with Gasteiger partial charge in [-0.1, -0.05) is 18.2 Å². The first kappa shape index (κ1) is 9.84. The Morgan fingerprint density at radius 1 is 1.41 bits per heavy atom. The topological polar surface area (TPSA) is 57.8 Å². The van der Waals surface area contributed by atoms with Gasteiger partial charge in [0.1, 0.15) is 5.82 Å². The molecule has 4 nitrogen and oxygen atoms in total. The highest BCUT2D eigenvalue weighted by atomic mass is 16.1. The minimum atomic E-state index is 0.669. The van der Waals surface area contributed by atoms with Crippen LogP contribution in [0.4, 0.5) is 5.69 Å². The summed E-state index contributed by atoms with van der Waals surface area (Å²) in [6, 6.07) is 5.61. The van der Waals surface area contributed by atoms with Gasteiger partial charge in [-0.3, -0.25) is 4.79 Å². The van der Waals surface area contributed by atoms with Crippen molar-refractivity contribution in [3.05, 3.63) is 42.3 Å². The number of hydrogen-bond acceptors (Lipinski definition) is 2. The summed E-state index contributed by atoms with van der Waals surface area (Å²) in [6.45, 7) is 0. The van der Waals surface area contributed by atoms with Gasteiger partial charge in [0.25, 0.3) is 0 Å². The number of carbonyl (C=O) groups excluding carboxylic acids is 1. The van der Waals surface area contributed by atoms with Crippen LogP contribution in [-0.4, -0.2) is 16.4 Å². The van der Waals surface area contributed by atoms with E-state index in [9.17, 15) is 4.79 Å². The molecule has 1 heterocycles. The van der Waals surface area contributed by atoms with Crippen molar-refractivity contribution in [2.75, 3.05) is 5.32 Å². The highest BCUT2D eigenvalue weighted by Gasteiger charge is 2.08. The molecule has 2 N–H and O–H groups in total. The van der Waals surface area contributed by atoms with Crippen LogP contribution in [0, 0.1) is 0 Å². The molecule has 1 aromatic heterocycles. The molecule has 0 spiro atoms. The Bertz CT molecular complexity index is 637. The van der Waals surface area contributed by atoms with Gasteiger partial charge < -0.3 is 10.3 Å². The lowest BCUT2D eigenvalue weighted by Crippen LogP contribution is -1.92. The van der Waals surface area contributed by atoms with Crippen LogP contribution in [0.1, 0.15) is 12.2 Å². The number of anilines is 1. The molecule has 1 amide bonds. The average molecular weight is 225 g/mol. The summed E-state index contributed by atoms with van der Waals surface area (Å²) in [7, 11) is 0. The van der Waals surface area contributed by atoms with Crippen LogP contribution in [0.3, 0.4) is 0 Å². The molecule has 3 rings (SSSR count). The minimum absolute atomic E-state index is 0.669. The number of carbonyl (C=O) groups is 1. The van der Waals surface area contributed by atoms with E-state index in [0.29, 0.717) is 6.41 Å². The summed E-state index contributed by atoms with van der Waals surface area (Å²) < 4.78 is 0. The van der Waals surface area contributed by atoms with Crippen molar-refractivity contribution < 1.29 is 4.79 Å². The number of nitrogens with zero attached hydrogens (tertiary/aromatic N) is 1. The fraction of sp³-hybridized carbons (Fsp3) is 0.0769. The van der Waals surface area contributed by atoms with E-state index >= 15 is 0 Å². The molecule has 4 heteroatoms. The molecule has 0 atom stereocenters. The number of imidazole rings is 1. The third-order valence-electron chi connectivity index (χ3n) is 2.78. The van der Waals surface area contributed by atoms with Crippen molar-refractivity contribution in [3.8, 4) is 0 Å². The Hall–Kier alpha value is -2.36. The fourth-order valence-electron chi connectivity index (χ4n) is 1.94. The molecule has 1 aliphatic rings. The van der Waals surface area contributed by atoms with Crippen molar-refractivity contribution in [2.24, 2.45) is 0 Å². The zero-order chi connectivity index (χ0) is 11.7. The van der Waals surface area contributed by atoms with Crippen molar-refractivity contribution in [1.82, 2.24) is 9.97 Å². The summed E-state index contributed by atoms with van der Waals surface area (Å²) in [4.78, 5) is 18.1. The van der Waals surface area contributed by atoms with Gasteiger partial charge in [0.2, 0.25) is 6.41 Å². The molecule has 17 heavy (non-hydrogen) atoms. The molecule has 1 aromatic carbocycles.